The molecule has 0 saturated carbocycles. The van der Waals surface area contributed by atoms with Gasteiger partial charge in [-0.2, -0.15) is 0 Å². The summed E-state index contributed by atoms with van der Waals surface area (Å²) in [4.78, 5) is 0. The zero-order valence-electron chi connectivity index (χ0n) is 10.9. The first-order chi connectivity index (χ1) is 7.41. The third-order valence-electron chi connectivity index (χ3n) is 2.84. The lowest BCUT2D eigenvalue weighted by Crippen LogP contribution is -1.84. The fourth-order valence-corrected chi connectivity index (χ4v) is 2.88. The van der Waals surface area contributed by atoms with Crippen molar-refractivity contribution >= 4 is 8.58 Å². The van der Waals surface area contributed by atoms with Crippen molar-refractivity contribution in [2.24, 2.45) is 0 Å². The summed E-state index contributed by atoms with van der Waals surface area (Å²) in [6.45, 7) is 4.57. The first-order valence-electron chi connectivity index (χ1n) is 7.05. The van der Waals surface area contributed by atoms with Crippen LogP contribution in [0.25, 0.3) is 0 Å². The van der Waals surface area contributed by atoms with Crippen LogP contribution < -0.4 is 0 Å². The van der Waals surface area contributed by atoms with Crippen LogP contribution in [0.5, 0.6) is 0 Å². The highest BCUT2D eigenvalue weighted by molar-refractivity contribution is 7.37. The average molecular weight is 229 g/mol. The second-order valence-corrected chi connectivity index (χ2v) is 5.84. The predicted molar refractivity (Wildman–Crippen MR) is 74.2 cm³/mol. The lowest BCUT2D eigenvalue weighted by Gasteiger charge is -2.01. The molecule has 0 aromatic heterocycles. The molecule has 0 fully saturated rings. The maximum Gasteiger partial charge on any atom is -0.0287 e. The topological polar surface area (TPSA) is 0 Å². The monoisotopic (exact) mass is 229 g/mol. The molecule has 0 saturated heterocycles. The van der Waals surface area contributed by atoms with Crippen LogP contribution in [0.4, 0.5) is 0 Å². The SMILES string of the molecule is CCCCCCC[P]CCCCCCC. The molecule has 0 unspecified atom stereocenters. The molecule has 0 spiro atoms. The molecule has 0 aromatic rings. The zero-order valence-corrected chi connectivity index (χ0v) is 11.8. The van der Waals surface area contributed by atoms with E-state index in [-0.39, 0.29) is 0 Å². The van der Waals surface area contributed by atoms with Gasteiger partial charge in [0, 0.05) is 0 Å². The van der Waals surface area contributed by atoms with Crippen molar-refractivity contribution in [3.8, 4) is 0 Å². The second kappa shape index (κ2) is 14.4. The van der Waals surface area contributed by atoms with E-state index in [9.17, 15) is 0 Å². The summed E-state index contributed by atoms with van der Waals surface area (Å²) in [5.41, 5.74) is 0. The van der Waals surface area contributed by atoms with Crippen LogP contribution in [-0.2, 0) is 0 Å². The lowest BCUT2D eigenvalue weighted by atomic mass is 10.2. The molecule has 0 aliphatic heterocycles. The normalized spacial score (nSPS) is 10.8. The van der Waals surface area contributed by atoms with E-state index < -0.39 is 0 Å². The number of hydrogen-bond acceptors (Lipinski definition) is 0. The van der Waals surface area contributed by atoms with Gasteiger partial charge in [0.1, 0.15) is 0 Å². The van der Waals surface area contributed by atoms with E-state index in [1.165, 1.54) is 76.5 Å². The Morgan fingerprint density at radius 2 is 0.933 bits per heavy atom. The summed E-state index contributed by atoms with van der Waals surface area (Å²) >= 11 is 0. The zero-order chi connectivity index (χ0) is 11.2. The number of rotatable bonds is 12. The third kappa shape index (κ3) is 14.4. The second-order valence-electron chi connectivity index (χ2n) is 4.50. The standard InChI is InChI=1S/C14H30P/c1-3-5-7-9-11-13-15-14-12-10-8-6-4-2/h3-14H2,1-2H3. The Kier molecular flexibility index (Phi) is 14.8. The van der Waals surface area contributed by atoms with Crippen molar-refractivity contribution in [3.63, 3.8) is 0 Å². The molecule has 0 nitrogen and oxygen atoms in total. The van der Waals surface area contributed by atoms with Gasteiger partial charge in [0.15, 0.2) is 0 Å². The minimum absolute atomic E-state index is 1.37. The summed E-state index contributed by atoms with van der Waals surface area (Å²) in [6, 6.07) is 0. The van der Waals surface area contributed by atoms with Crippen LogP contribution in [0.15, 0.2) is 0 Å². The van der Waals surface area contributed by atoms with Gasteiger partial charge in [0.2, 0.25) is 0 Å². The summed E-state index contributed by atoms with van der Waals surface area (Å²) < 4.78 is 0. The fraction of sp³-hybridized carbons (Fsp3) is 1.00. The molecule has 91 valence electrons. The van der Waals surface area contributed by atoms with E-state index >= 15 is 0 Å². The van der Waals surface area contributed by atoms with Crippen molar-refractivity contribution in [2.75, 3.05) is 12.3 Å². The van der Waals surface area contributed by atoms with E-state index in [1.54, 1.807) is 8.58 Å². The summed E-state index contributed by atoms with van der Waals surface area (Å²) in [5.74, 6) is 0. The molecule has 0 aliphatic rings. The quantitative estimate of drug-likeness (QED) is 0.290. The lowest BCUT2D eigenvalue weighted by molar-refractivity contribution is 0.653. The van der Waals surface area contributed by atoms with Crippen molar-refractivity contribution in [2.45, 2.75) is 78.1 Å². The van der Waals surface area contributed by atoms with Crippen LogP contribution >= 0.6 is 8.58 Å². The maximum absolute atomic E-state index is 2.29. The Hall–Kier alpha value is 0.430. The van der Waals surface area contributed by atoms with Crippen LogP contribution in [0.1, 0.15) is 78.1 Å². The molecule has 0 amide bonds. The molecular formula is C14H30P. The molecule has 1 heteroatoms. The molecule has 0 aliphatic carbocycles. The van der Waals surface area contributed by atoms with Gasteiger partial charge in [0.05, 0.1) is 0 Å². The first kappa shape index (κ1) is 15.4. The van der Waals surface area contributed by atoms with E-state index in [2.05, 4.69) is 13.8 Å². The predicted octanol–water partition coefficient (Wildman–Crippen LogP) is 5.87. The van der Waals surface area contributed by atoms with Crippen LogP contribution in [0, 0.1) is 0 Å². The Morgan fingerprint density at radius 1 is 0.533 bits per heavy atom. The molecule has 0 rings (SSSR count). The van der Waals surface area contributed by atoms with Crippen molar-refractivity contribution in [1.29, 1.82) is 0 Å². The average Bonchev–Trinajstić information content (AvgIpc) is 2.26. The molecule has 0 N–H and O–H groups in total. The van der Waals surface area contributed by atoms with Gasteiger partial charge in [-0.25, -0.2) is 0 Å². The van der Waals surface area contributed by atoms with Gasteiger partial charge in [0.25, 0.3) is 0 Å². The van der Waals surface area contributed by atoms with E-state index in [4.69, 9.17) is 0 Å². The van der Waals surface area contributed by atoms with Gasteiger partial charge >= 0.3 is 0 Å². The number of hydrogen-bond donors (Lipinski definition) is 0. The van der Waals surface area contributed by atoms with Gasteiger partial charge in [-0.1, -0.05) is 73.8 Å². The summed E-state index contributed by atoms with van der Waals surface area (Å²) in [7, 11) is 1.71. The Balaban J connectivity index is 2.81. The largest absolute Gasteiger partial charge is 0.0810 e. The minimum Gasteiger partial charge on any atom is -0.0810 e. The highest BCUT2D eigenvalue weighted by Crippen LogP contribution is 2.17. The van der Waals surface area contributed by atoms with E-state index in [1.807, 2.05) is 0 Å². The van der Waals surface area contributed by atoms with Crippen molar-refractivity contribution < 1.29 is 0 Å². The van der Waals surface area contributed by atoms with Gasteiger partial charge in [-0.15, -0.1) is 0 Å². The third-order valence-corrected chi connectivity index (χ3v) is 4.10. The molecule has 0 bridgehead atoms. The molecule has 0 atom stereocenters. The summed E-state index contributed by atoms with van der Waals surface area (Å²) in [5, 5.41) is 0. The minimum atomic E-state index is 1.37. The van der Waals surface area contributed by atoms with Crippen LogP contribution in [-0.4, -0.2) is 12.3 Å². The van der Waals surface area contributed by atoms with Gasteiger partial charge < -0.3 is 0 Å². The highest BCUT2D eigenvalue weighted by atomic mass is 31.1. The Bertz CT molecular complexity index is 89.5. The van der Waals surface area contributed by atoms with Gasteiger partial charge in [-0.05, 0) is 25.2 Å². The fourth-order valence-electron chi connectivity index (χ4n) is 1.77. The Labute approximate surface area is 99.4 Å². The maximum atomic E-state index is 2.29. The Morgan fingerprint density at radius 3 is 1.33 bits per heavy atom. The highest BCUT2D eigenvalue weighted by Gasteiger charge is 1.92. The number of unbranched alkanes of at least 4 members (excludes halogenated alkanes) is 8. The molecular weight excluding hydrogens is 199 g/mol. The van der Waals surface area contributed by atoms with Crippen molar-refractivity contribution in [3.05, 3.63) is 0 Å². The summed E-state index contributed by atoms with van der Waals surface area (Å²) in [6.07, 6.45) is 17.3. The molecule has 0 heterocycles. The van der Waals surface area contributed by atoms with E-state index in [0.29, 0.717) is 0 Å². The van der Waals surface area contributed by atoms with E-state index in [0.717, 1.165) is 0 Å². The van der Waals surface area contributed by atoms with Crippen molar-refractivity contribution in [1.82, 2.24) is 0 Å². The molecule has 1 radical (unpaired) electrons. The smallest absolute Gasteiger partial charge is 0.0287 e. The van der Waals surface area contributed by atoms with Crippen LogP contribution in [0.3, 0.4) is 0 Å². The van der Waals surface area contributed by atoms with Crippen LogP contribution in [0.2, 0.25) is 0 Å². The molecule has 15 heavy (non-hydrogen) atoms. The molecule has 0 aromatic carbocycles. The van der Waals surface area contributed by atoms with Gasteiger partial charge in [-0.3, -0.25) is 0 Å². The first-order valence-corrected chi connectivity index (χ1v) is 8.31.